The second-order valence-corrected chi connectivity index (χ2v) is 3.80. The van der Waals surface area contributed by atoms with E-state index < -0.39 is 0 Å². The molecule has 0 aliphatic heterocycles. The van der Waals surface area contributed by atoms with E-state index >= 15 is 0 Å². The molecule has 0 amide bonds. The van der Waals surface area contributed by atoms with Gasteiger partial charge in [0.25, 0.3) is 0 Å². The third kappa shape index (κ3) is 1.66. The molecule has 2 rings (SSSR count). The Balaban J connectivity index is 2.29. The number of hydrogen-bond donors (Lipinski definition) is 1. The Morgan fingerprint density at radius 1 is 1.38 bits per heavy atom. The van der Waals surface area contributed by atoms with Gasteiger partial charge >= 0.3 is 0 Å². The smallest absolute Gasteiger partial charge is 0.113 e. The van der Waals surface area contributed by atoms with E-state index in [9.17, 15) is 0 Å². The second kappa shape index (κ2) is 3.77. The highest BCUT2D eigenvalue weighted by molar-refractivity contribution is 7.10. The van der Waals surface area contributed by atoms with Crippen LogP contribution in [-0.2, 0) is 0 Å². The topological polar surface area (TPSA) is 39.2 Å². The summed E-state index contributed by atoms with van der Waals surface area (Å²) >= 11 is 1.71. The molecular formula is C10H11NOS. The average molecular weight is 193 g/mol. The van der Waals surface area contributed by atoms with Crippen molar-refractivity contribution >= 4 is 11.3 Å². The maximum absolute atomic E-state index is 5.70. The first-order valence-corrected chi connectivity index (χ1v) is 5.06. The van der Waals surface area contributed by atoms with Crippen molar-refractivity contribution in [2.75, 3.05) is 6.54 Å². The third-order valence-corrected chi connectivity index (χ3v) is 2.99. The van der Waals surface area contributed by atoms with Crippen molar-refractivity contribution in [2.45, 2.75) is 5.92 Å². The molecule has 0 saturated heterocycles. The van der Waals surface area contributed by atoms with Crippen LogP contribution in [0.2, 0.25) is 0 Å². The van der Waals surface area contributed by atoms with Gasteiger partial charge in [-0.25, -0.2) is 0 Å². The highest BCUT2D eigenvalue weighted by Crippen LogP contribution is 2.27. The van der Waals surface area contributed by atoms with Crippen LogP contribution in [0.15, 0.2) is 40.3 Å². The summed E-state index contributed by atoms with van der Waals surface area (Å²) < 4.78 is 5.34. The molecule has 0 aromatic carbocycles. The van der Waals surface area contributed by atoms with Crippen LogP contribution < -0.4 is 5.73 Å². The van der Waals surface area contributed by atoms with E-state index in [-0.39, 0.29) is 5.92 Å². The van der Waals surface area contributed by atoms with Gasteiger partial charge in [-0.3, -0.25) is 0 Å². The van der Waals surface area contributed by atoms with Gasteiger partial charge in [0.15, 0.2) is 0 Å². The minimum absolute atomic E-state index is 0.218. The number of rotatable bonds is 3. The molecule has 1 atom stereocenters. The predicted molar refractivity (Wildman–Crippen MR) is 53.9 cm³/mol. The molecule has 2 N–H and O–H groups in total. The van der Waals surface area contributed by atoms with E-state index in [1.807, 2.05) is 18.2 Å². The van der Waals surface area contributed by atoms with Gasteiger partial charge in [0.2, 0.25) is 0 Å². The largest absolute Gasteiger partial charge is 0.469 e. The molecule has 0 bridgehead atoms. The van der Waals surface area contributed by atoms with Crippen molar-refractivity contribution in [1.82, 2.24) is 0 Å². The van der Waals surface area contributed by atoms with Gasteiger partial charge in [0, 0.05) is 11.4 Å². The quantitative estimate of drug-likeness (QED) is 0.813. The molecular weight excluding hydrogens is 182 g/mol. The molecule has 3 heteroatoms. The number of hydrogen-bond acceptors (Lipinski definition) is 3. The first-order valence-electron chi connectivity index (χ1n) is 4.18. The summed E-state index contributed by atoms with van der Waals surface area (Å²) in [7, 11) is 0. The van der Waals surface area contributed by atoms with Crippen molar-refractivity contribution in [3.05, 3.63) is 46.5 Å². The summed E-state index contributed by atoms with van der Waals surface area (Å²) in [6, 6.07) is 7.99. The second-order valence-electron chi connectivity index (χ2n) is 2.82. The Hall–Kier alpha value is -1.06. The molecule has 68 valence electrons. The lowest BCUT2D eigenvalue weighted by molar-refractivity contribution is 0.490. The molecule has 1 unspecified atom stereocenters. The highest BCUT2D eigenvalue weighted by Gasteiger charge is 2.15. The van der Waals surface area contributed by atoms with Gasteiger partial charge < -0.3 is 10.2 Å². The zero-order valence-electron chi connectivity index (χ0n) is 7.14. The standard InChI is InChI=1S/C10H11NOS/c11-7-8(9-3-1-5-12-9)10-4-2-6-13-10/h1-6,8H,7,11H2. The lowest BCUT2D eigenvalue weighted by atomic mass is 10.1. The summed E-state index contributed by atoms with van der Waals surface area (Å²) in [6.07, 6.45) is 1.69. The van der Waals surface area contributed by atoms with E-state index in [0.717, 1.165) is 5.76 Å². The fourth-order valence-corrected chi connectivity index (χ4v) is 2.20. The summed E-state index contributed by atoms with van der Waals surface area (Å²) in [5, 5.41) is 2.06. The van der Waals surface area contributed by atoms with Gasteiger partial charge in [-0.05, 0) is 23.6 Å². The third-order valence-electron chi connectivity index (χ3n) is 2.01. The Kier molecular flexibility index (Phi) is 2.47. The molecule has 2 nitrogen and oxygen atoms in total. The molecule has 2 aromatic rings. The molecule has 13 heavy (non-hydrogen) atoms. The predicted octanol–water partition coefficient (Wildman–Crippen LogP) is 2.43. The van der Waals surface area contributed by atoms with Crippen molar-refractivity contribution in [1.29, 1.82) is 0 Å². The lowest BCUT2D eigenvalue weighted by Gasteiger charge is -2.08. The maximum Gasteiger partial charge on any atom is 0.113 e. The van der Waals surface area contributed by atoms with Crippen LogP contribution in [0.4, 0.5) is 0 Å². The fraction of sp³-hybridized carbons (Fsp3) is 0.200. The Bertz CT molecular complexity index is 305. The molecule has 2 aromatic heterocycles. The molecule has 0 radical (unpaired) electrons. The molecule has 2 heterocycles. The zero-order valence-corrected chi connectivity index (χ0v) is 7.96. The van der Waals surface area contributed by atoms with E-state index in [0.29, 0.717) is 6.54 Å². The highest BCUT2D eigenvalue weighted by atomic mass is 32.1. The van der Waals surface area contributed by atoms with Gasteiger partial charge in [-0.15, -0.1) is 11.3 Å². The number of furan rings is 1. The van der Waals surface area contributed by atoms with Gasteiger partial charge in [0.05, 0.1) is 12.2 Å². The SMILES string of the molecule is NCC(c1ccco1)c1cccs1. The van der Waals surface area contributed by atoms with Crippen molar-refractivity contribution < 1.29 is 4.42 Å². The Labute approximate surface area is 81.0 Å². The molecule has 0 aliphatic carbocycles. The monoisotopic (exact) mass is 193 g/mol. The number of nitrogens with two attached hydrogens (primary N) is 1. The first-order chi connectivity index (χ1) is 6.42. The average Bonchev–Trinajstić information content (AvgIpc) is 2.76. The molecule has 0 saturated carbocycles. The van der Waals surface area contributed by atoms with Crippen molar-refractivity contribution in [2.24, 2.45) is 5.73 Å². The molecule has 0 spiro atoms. The lowest BCUT2D eigenvalue weighted by Crippen LogP contribution is -2.11. The van der Waals surface area contributed by atoms with Crippen LogP contribution in [0, 0.1) is 0 Å². The van der Waals surface area contributed by atoms with Crippen LogP contribution in [0.5, 0.6) is 0 Å². The van der Waals surface area contributed by atoms with E-state index in [4.69, 9.17) is 10.2 Å². The number of thiophene rings is 1. The van der Waals surface area contributed by atoms with Crippen molar-refractivity contribution in [3.8, 4) is 0 Å². The van der Waals surface area contributed by atoms with Gasteiger partial charge in [0.1, 0.15) is 5.76 Å². The Morgan fingerprint density at radius 3 is 2.85 bits per heavy atom. The first kappa shape index (κ1) is 8.53. The van der Waals surface area contributed by atoms with Crippen LogP contribution in [0.1, 0.15) is 16.6 Å². The maximum atomic E-state index is 5.70. The van der Waals surface area contributed by atoms with E-state index in [1.54, 1.807) is 17.6 Å². The fourth-order valence-electron chi connectivity index (χ4n) is 1.35. The van der Waals surface area contributed by atoms with Crippen molar-refractivity contribution in [3.63, 3.8) is 0 Å². The Morgan fingerprint density at radius 2 is 2.31 bits per heavy atom. The normalized spacial score (nSPS) is 13.0. The summed E-state index contributed by atoms with van der Waals surface area (Å²) in [4.78, 5) is 1.26. The molecule has 0 aliphatic rings. The zero-order chi connectivity index (χ0) is 9.10. The van der Waals surface area contributed by atoms with E-state index in [1.165, 1.54) is 4.88 Å². The van der Waals surface area contributed by atoms with Crippen LogP contribution in [0.3, 0.4) is 0 Å². The summed E-state index contributed by atoms with van der Waals surface area (Å²) in [6.45, 7) is 0.591. The minimum atomic E-state index is 0.218. The van der Waals surface area contributed by atoms with Crippen LogP contribution in [-0.4, -0.2) is 6.54 Å². The van der Waals surface area contributed by atoms with Crippen LogP contribution in [0.25, 0.3) is 0 Å². The molecule has 0 fully saturated rings. The van der Waals surface area contributed by atoms with Crippen LogP contribution >= 0.6 is 11.3 Å². The minimum Gasteiger partial charge on any atom is -0.469 e. The van der Waals surface area contributed by atoms with Gasteiger partial charge in [-0.1, -0.05) is 6.07 Å². The summed E-state index contributed by atoms with van der Waals surface area (Å²) in [5.41, 5.74) is 5.70. The summed E-state index contributed by atoms with van der Waals surface area (Å²) in [5.74, 6) is 1.17. The van der Waals surface area contributed by atoms with E-state index in [2.05, 4.69) is 11.4 Å². The van der Waals surface area contributed by atoms with Gasteiger partial charge in [-0.2, -0.15) is 0 Å².